The summed E-state index contributed by atoms with van der Waals surface area (Å²) in [5.41, 5.74) is 4.11. The minimum absolute atomic E-state index is 0.115. The molecule has 1 aromatic heterocycles. The fourth-order valence-electron chi connectivity index (χ4n) is 3.15. The molecule has 2 rings (SSSR count). The highest BCUT2D eigenvalue weighted by Gasteiger charge is 2.19. The van der Waals surface area contributed by atoms with E-state index in [2.05, 4.69) is 24.3 Å². The Hall–Kier alpha value is -1.72. The quantitative estimate of drug-likeness (QED) is 0.858. The third-order valence-corrected chi connectivity index (χ3v) is 4.36. The Labute approximate surface area is 137 Å². The van der Waals surface area contributed by atoms with E-state index in [9.17, 15) is 9.50 Å². The van der Waals surface area contributed by atoms with Crippen LogP contribution in [0.3, 0.4) is 0 Å². The maximum Gasteiger partial charge on any atom is 0.123 e. The fraction of sp³-hybridized carbons (Fsp3) is 0.500. The Morgan fingerprint density at radius 2 is 1.83 bits per heavy atom. The molecule has 0 saturated heterocycles. The van der Waals surface area contributed by atoms with Crippen LogP contribution in [0.5, 0.6) is 0 Å². The third kappa shape index (κ3) is 4.18. The van der Waals surface area contributed by atoms with Gasteiger partial charge in [-0.1, -0.05) is 12.1 Å². The van der Waals surface area contributed by atoms with E-state index in [0.29, 0.717) is 6.42 Å². The predicted molar refractivity (Wildman–Crippen MR) is 89.7 cm³/mol. The van der Waals surface area contributed by atoms with Crippen LogP contribution in [0.2, 0.25) is 0 Å². The van der Waals surface area contributed by atoms with Crippen LogP contribution in [0.1, 0.15) is 54.9 Å². The molecule has 3 unspecified atom stereocenters. The van der Waals surface area contributed by atoms with Crippen molar-refractivity contribution in [3.05, 3.63) is 52.6 Å². The van der Waals surface area contributed by atoms with Gasteiger partial charge in [-0.05, 0) is 51.8 Å². The molecule has 3 atom stereocenters. The highest BCUT2D eigenvalue weighted by Crippen LogP contribution is 2.23. The van der Waals surface area contributed by atoms with Crippen molar-refractivity contribution in [3.8, 4) is 0 Å². The number of aliphatic hydroxyl groups excluding tert-OH is 1. The number of hydrogen-bond acceptors (Lipinski definition) is 3. The highest BCUT2D eigenvalue weighted by atomic mass is 19.1. The summed E-state index contributed by atoms with van der Waals surface area (Å²) in [6.07, 6.45) is -0.0460. The standard InChI is InChI=1S/C18H26FN3O/c1-11(10-17(23)15-6-8-16(19)9-7-15)20-12(2)18-13(3)21-22(5)14(18)4/h6-9,11-12,17,20,23H,10H2,1-5H3. The molecular weight excluding hydrogens is 293 g/mol. The molecule has 0 radical (unpaired) electrons. The van der Waals surface area contributed by atoms with E-state index in [1.807, 2.05) is 25.6 Å². The van der Waals surface area contributed by atoms with E-state index in [0.717, 1.165) is 17.0 Å². The van der Waals surface area contributed by atoms with Crippen LogP contribution >= 0.6 is 0 Å². The molecule has 0 aliphatic carbocycles. The van der Waals surface area contributed by atoms with Crippen LogP contribution < -0.4 is 5.32 Å². The molecule has 1 heterocycles. The van der Waals surface area contributed by atoms with Crippen molar-refractivity contribution in [2.24, 2.45) is 7.05 Å². The van der Waals surface area contributed by atoms with Gasteiger partial charge in [-0.15, -0.1) is 0 Å². The van der Waals surface area contributed by atoms with E-state index in [4.69, 9.17) is 0 Å². The summed E-state index contributed by atoms with van der Waals surface area (Å²) in [5, 5.41) is 18.3. The second kappa shape index (κ2) is 7.23. The molecule has 5 heteroatoms. The molecule has 2 aromatic rings. The summed E-state index contributed by atoms with van der Waals surface area (Å²) < 4.78 is 14.8. The van der Waals surface area contributed by atoms with Crippen molar-refractivity contribution < 1.29 is 9.50 Å². The van der Waals surface area contributed by atoms with Crippen LogP contribution in [0.4, 0.5) is 4.39 Å². The number of aliphatic hydroxyl groups is 1. The second-order valence-corrected chi connectivity index (χ2v) is 6.30. The number of aryl methyl sites for hydroxylation is 2. The van der Waals surface area contributed by atoms with Gasteiger partial charge in [-0.25, -0.2) is 4.39 Å². The van der Waals surface area contributed by atoms with E-state index in [1.165, 1.54) is 17.7 Å². The number of nitrogens with one attached hydrogen (secondary N) is 1. The first-order valence-electron chi connectivity index (χ1n) is 7.99. The minimum atomic E-state index is -0.610. The van der Waals surface area contributed by atoms with E-state index < -0.39 is 6.10 Å². The van der Waals surface area contributed by atoms with Gasteiger partial charge in [0.05, 0.1) is 11.8 Å². The van der Waals surface area contributed by atoms with Crippen LogP contribution in [0.25, 0.3) is 0 Å². The van der Waals surface area contributed by atoms with Crippen molar-refractivity contribution in [1.82, 2.24) is 15.1 Å². The summed E-state index contributed by atoms with van der Waals surface area (Å²) in [6.45, 7) is 8.23. The second-order valence-electron chi connectivity index (χ2n) is 6.30. The first kappa shape index (κ1) is 17.6. The molecule has 0 spiro atoms. The summed E-state index contributed by atoms with van der Waals surface area (Å²) >= 11 is 0. The minimum Gasteiger partial charge on any atom is -0.388 e. The van der Waals surface area contributed by atoms with Gasteiger partial charge in [-0.2, -0.15) is 5.10 Å². The van der Waals surface area contributed by atoms with Crippen molar-refractivity contribution >= 4 is 0 Å². The number of benzene rings is 1. The smallest absolute Gasteiger partial charge is 0.123 e. The van der Waals surface area contributed by atoms with Gasteiger partial charge in [0.25, 0.3) is 0 Å². The lowest BCUT2D eigenvalue weighted by Crippen LogP contribution is -2.31. The van der Waals surface area contributed by atoms with Crippen molar-refractivity contribution in [3.63, 3.8) is 0 Å². The Balaban J connectivity index is 1.98. The van der Waals surface area contributed by atoms with E-state index in [-0.39, 0.29) is 17.9 Å². The SMILES string of the molecule is Cc1nn(C)c(C)c1C(C)NC(C)CC(O)c1ccc(F)cc1. The van der Waals surface area contributed by atoms with E-state index in [1.54, 1.807) is 12.1 Å². The fourth-order valence-corrected chi connectivity index (χ4v) is 3.15. The molecule has 0 fully saturated rings. The van der Waals surface area contributed by atoms with Crippen LogP contribution in [0, 0.1) is 19.7 Å². The van der Waals surface area contributed by atoms with Crippen LogP contribution in [0.15, 0.2) is 24.3 Å². The van der Waals surface area contributed by atoms with Gasteiger partial charge < -0.3 is 10.4 Å². The zero-order chi connectivity index (χ0) is 17.1. The van der Waals surface area contributed by atoms with Gasteiger partial charge in [0.15, 0.2) is 0 Å². The normalized spacial score (nSPS) is 15.4. The summed E-state index contributed by atoms with van der Waals surface area (Å²) in [6, 6.07) is 6.28. The molecule has 1 aromatic carbocycles. The molecule has 0 aliphatic heterocycles. The summed E-state index contributed by atoms with van der Waals surface area (Å²) in [4.78, 5) is 0. The maximum absolute atomic E-state index is 12.9. The monoisotopic (exact) mass is 319 g/mol. The lowest BCUT2D eigenvalue weighted by atomic mass is 10.0. The number of rotatable bonds is 6. The zero-order valence-corrected chi connectivity index (χ0v) is 14.5. The number of halogens is 1. The van der Waals surface area contributed by atoms with E-state index >= 15 is 0 Å². The topological polar surface area (TPSA) is 50.1 Å². The number of hydrogen-bond donors (Lipinski definition) is 2. The first-order valence-corrected chi connectivity index (χ1v) is 7.99. The third-order valence-electron chi connectivity index (χ3n) is 4.36. The van der Waals surface area contributed by atoms with Crippen LogP contribution in [-0.2, 0) is 7.05 Å². The van der Waals surface area contributed by atoms with Gasteiger partial charge in [0, 0.05) is 30.4 Å². The molecule has 126 valence electrons. The maximum atomic E-state index is 12.9. The van der Waals surface area contributed by atoms with Crippen LogP contribution in [-0.4, -0.2) is 20.9 Å². The Bertz CT molecular complexity index is 651. The molecule has 0 saturated carbocycles. The highest BCUT2D eigenvalue weighted by molar-refractivity contribution is 5.27. The lowest BCUT2D eigenvalue weighted by molar-refractivity contribution is 0.152. The van der Waals surface area contributed by atoms with Crippen molar-refractivity contribution in [2.75, 3.05) is 0 Å². The zero-order valence-electron chi connectivity index (χ0n) is 14.5. The first-order chi connectivity index (χ1) is 10.8. The average Bonchev–Trinajstić information content (AvgIpc) is 2.72. The largest absolute Gasteiger partial charge is 0.388 e. The Morgan fingerprint density at radius 1 is 1.22 bits per heavy atom. The summed E-state index contributed by atoms with van der Waals surface area (Å²) in [5.74, 6) is -0.289. The number of aromatic nitrogens is 2. The van der Waals surface area contributed by atoms with Crippen molar-refractivity contribution in [1.29, 1.82) is 0 Å². The average molecular weight is 319 g/mol. The molecule has 0 amide bonds. The Morgan fingerprint density at radius 3 is 2.35 bits per heavy atom. The Kier molecular flexibility index (Phi) is 5.55. The number of nitrogens with zero attached hydrogens (tertiary/aromatic N) is 2. The van der Waals surface area contributed by atoms with Gasteiger partial charge in [-0.3, -0.25) is 4.68 Å². The lowest BCUT2D eigenvalue weighted by Gasteiger charge is -2.23. The molecule has 0 aliphatic rings. The molecule has 4 nitrogen and oxygen atoms in total. The van der Waals surface area contributed by atoms with Gasteiger partial charge in [0.2, 0.25) is 0 Å². The molecule has 23 heavy (non-hydrogen) atoms. The van der Waals surface area contributed by atoms with Gasteiger partial charge in [0.1, 0.15) is 5.82 Å². The van der Waals surface area contributed by atoms with Crippen molar-refractivity contribution in [2.45, 2.75) is 52.3 Å². The molecule has 2 N–H and O–H groups in total. The molecular formula is C18H26FN3O. The van der Waals surface area contributed by atoms with Gasteiger partial charge >= 0.3 is 0 Å². The molecule has 0 bridgehead atoms. The predicted octanol–water partition coefficient (Wildman–Crippen LogP) is 3.34. The summed E-state index contributed by atoms with van der Waals surface area (Å²) in [7, 11) is 1.94.